The van der Waals surface area contributed by atoms with Crippen molar-refractivity contribution in [3.05, 3.63) is 70.1 Å². The molecule has 1 fully saturated rings. The Balaban J connectivity index is 1.36. The zero-order valence-electron chi connectivity index (χ0n) is 19.2. The van der Waals surface area contributed by atoms with Crippen molar-refractivity contribution in [2.75, 3.05) is 41.3 Å². The number of nitrogens with zero attached hydrogens (tertiary/aromatic N) is 5. The van der Waals surface area contributed by atoms with Gasteiger partial charge in [0.15, 0.2) is 5.65 Å². The highest BCUT2D eigenvalue weighted by Crippen LogP contribution is 2.32. The van der Waals surface area contributed by atoms with Crippen molar-refractivity contribution in [3.63, 3.8) is 0 Å². The van der Waals surface area contributed by atoms with Crippen molar-refractivity contribution < 1.29 is 4.79 Å². The van der Waals surface area contributed by atoms with Gasteiger partial charge >= 0.3 is 0 Å². The van der Waals surface area contributed by atoms with Gasteiger partial charge in [0.1, 0.15) is 12.1 Å². The lowest BCUT2D eigenvalue weighted by molar-refractivity contribution is 0.102. The smallest absolute Gasteiger partial charge is 0.255 e. The van der Waals surface area contributed by atoms with Crippen LogP contribution in [0, 0.1) is 6.92 Å². The highest BCUT2D eigenvalue weighted by atomic mass is 79.9. The van der Waals surface area contributed by atoms with E-state index in [4.69, 9.17) is 0 Å². The van der Waals surface area contributed by atoms with Gasteiger partial charge in [0.05, 0.1) is 11.1 Å². The van der Waals surface area contributed by atoms with Crippen LogP contribution < -0.4 is 15.1 Å². The predicted molar refractivity (Wildman–Crippen MR) is 139 cm³/mol. The second-order valence-electron chi connectivity index (χ2n) is 8.34. The number of carbonyl (C=O) groups is 1. The Bertz CT molecular complexity index is 1330. The molecule has 5 rings (SSSR count). The quantitative estimate of drug-likeness (QED) is 0.401. The fourth-order valence-corrected chi connectivity index (χ4v) is 4.86. The van der Waals surface area contributed by atoms with E-state index in [0.717, 1.165) is 76.6 Å². The van der Waals surface area contributed by atoms with Gasteiger partial charge in [-0.1, -0.05) is 41.1 Å². The number of aryl methyl sites for hydroxylation is 1. The lowest BCUT2D eigenvalue weighted by Gasteiger charge is -2.37. The van der Waals surface area contributed by atoms with E-state index in [2.05, 4.69) is 65.1 Å². The van der Waals surface area contributed by atoms with Crippen molar-refractivity contribution in [1.82, 2.24) is 20.2 Å². The summed E-state index contributed by atoms with van der Waals surface area (Å²) in [6.45, 7) is 7.45. The molecule has 1 aliphatic heterocycles. The molecule has 9 heteroatoms. The fourth-order valence-electron chi connectivity index (χ4n) is 4.41. The van der Waals surface area contributed by atoms with E-state index in [9.17, 15) is 4.79 Å². The number of hydrogen-bond donors (Lipinski definition) is 2. The number of H-pyrrole nitrogens is 1. The molecule has 0 aliphatic carbocycles. The number of carbonyl (C=O) groups excluding carboxylic acids is 1. The Morgan fingerprint density at radius 2 is 1.82 bits per heavy atom. The van der Waals surface area contributed by atoms with Crippen LogP contribution in [-0.4, -0.2) is 52.3 Å². The summed E-state index contributed by atoms with van der Waals surface area (Å²) in [7, 11) is 0. The number of aromatic amines is 1. The number of fused-ring (bicyclic) bond motifs is 1. The molecular formula is C25H26BrN7O. The third-order valence-corrected chi connectivity index (χ3v) is 7.10. The molecule has 1 saturated heterocycles. The Labute approximate surface area is 206 Å². The Morgan fingerprint density at radius 1 is 1.09 bits per heavy atom. The molecule has 0 unspecified atom stereocenters. The number of anilines is 3. The number of hydrogen-bond acceptors (Lipinski definition) is 6. The van der Waals surface area contributed by atoms with Crippen molar-refractivity contribution in [2.24, 2.45) is 0 Å². The first-order valence-corrected chi connectivity index (χ1v) is 12.2. The van der Waals surface area contributed by atoms with Gasteiger partial charge in [-0.3, -0.25) is 9.89 Å². The van der Waals surface area contributed by atoms with Crippen LogP contribution in [0.2, 0.25) is 0 Å². The summed E-state index contributed by atoms with van der Waals surface area (Å²) >= 11 is 3.66. The number of amides is 1. The van der Waals surface area contributed by atoms with Crippen LogP contribution >= 0.6 is 15.9 Å². The number of halogens is 1. The van der Waals surface area contributed by atoms with Gasteiger partial charge in [0.2, 0.25) is 0 Å². The summed E-state index contributed by atoms with van der Waals surface area (Å²) in [5, 5.41) is 11.4. The molecule has 34 heavy (non-hydrogen) atoms. The van der Waals surface area contributed by atoms with Crippen molar-refractivity contribution in [3.8, 4) is 0 Å². The summed E-state index contributed by atoms with van der Waals surface area (Å²) in [5.74, 6) is 0.811. The number of piperazine rings is 1. The van der Waals surface area contributed by atoms with Gasteiger partial charge < -0.3 is 15.1 Å². The molecule has 0 bridgehead atoms. The number of benzene rings is 2. The second-order valence-corrected chi connectivity index (χ2v) is 9.20. The zero-order chi connectivity index (χ0) is 23.7. The zero-order valence-corrected chi connectivity index (χ0v) is 20.8. The normalized spacial score (nSPS) is 14.0. The SMILES string of the molecule is CCc1n[nH]c2ncnc(N3CCN(c4cc(C(=O)Nc5ccccc5)cc(Br)c4C)CC3)c12. The third-order valence-electron chi connectivity index (χ3n) is 6.28. The highest BCUT2D eigenvalue weighted by molar-refractivity contribution is 9.10. The number of para-hydroxylation sites is 1. The lowest BCUT2D eigenvalue weighted by Crippen LogP contribution is -2.47. The van der Waals surface area contributed by atoms with Gasteiger partial charge in [-0.25, -0.2) is 9.97 Å². The van der Waals surface area contributed by atoms with Crippen molar-refractivity contribution >= 4 is 50.1 Å². The van der Waals surface area contributed by atoms with Crippen LogP contribution in [0.3, 0.4) is 0 Å². The van der Waals surface area contributed by atoms with Crippen molar-refractivity contribution in [2.45, 2.75) is 20.3 Å². The second kappa shape index (κ2) is 9.42. The Morgan fingerprint density at radius 3 is 2.56 bits per heavy atom. The Kier molecular flexibility index (Phi) is 6.19. The van der Waals surface area contributed by atoms with Gasteiger partial charge in [-0.15, -0.1) is 0 Å². The number of aromatic nitrogens is 4. The molecular weight excluding hydrogens is 494 g/mol. The molecule has 2 N–H and O–H groups in total. The van der Waals surface area contributed by atoms with E-state index in [1.54, 1.807) is 6.33 Å². The van der Waals surface area contributed by atoms with E-state index in [1.165, 1.54) is 0 Å². The molecule has 3 heterocycles. The van der Waals surface area contributed by atoms with Gasteiger partial charge in [-0.2, -0.15) is 5.10 Å². The molecule has 0 spiro atoms. The molecule has 2 aromatic carbocycles. The van der Waals surface area contributed by atoms with E-state index >= 15 is 0 Å². The van der Waals surface area contributed by atoms with E-state index in [1.807, 2.05) is 42.5 Å². The summed E-state index contributed by atoms with van der Waals surface area (Å²) < 4.78 is 0.925. The molecule has 1 amide bonds. The molecule has 8 nitrogen and oxygen atoms in total. The first-order chi connectivity index (χ1) is 16.5. The van der Waals surface area contributed by atoms with Crippen LogP contribution in [-0.2, 0) is 6.42 Å². The van der Waals surface area contributed by atoms with E-state index in [-0.39, 0.29) is 5.91 Å². The average Bonchev–Trinajstić information content (AvgIpc) is 3.30. The maximum atomic E-state index is 12.9. The van der Waals surface area contributed by atoms with Crippen LogP contribution in [0.4, 0.5) is 17.2 Å². The van der Waals surface area contributed by atoms with Crippen LogP contribution in [0.25, 0.3) is 11.0 Å². The maximum Gasteiger partial charge on any atom is 0.255 e. The third kappa shape index (κ3) is 4.23. The minimum absolute atomic E-state index is 0.123. The largest absolute Gasteiger partial charge is 0.368 e. The number of rotatable bonds is 5. The maximum absolute atomic E-state index is 12.9. The van der Waals surface area contributed by atoms with Gasteiger partial charge in [0, 0.05) is 47.6 Å². The first-order valence-electron chi connectivity index (χ1n) is 11.4. The summed E-state index contributed by atoms with van der Waals surface area (Å²) in [6.07, 6.45) is 2.42. The number of nitrogens with one attached hydrogen (secondary N) is 2. The summed E-state index contributed by atoms with van der Waals surface area (Å²) in [4.78, 5) is 26.5. The molecule has 4 aromatic rings. The molecule has 2 aromatic heterocycles. The minimum atomic E-state index is -0.123. The molecule has 0 atom stereocenters. The van der Waals surface area contributed by atoms with E-state index < -0.39 is 0 Å². The van der Waals surface area contributed by atoms with Gasteiger partial charge in [0.25, 0.3) is 5.91 Å². The summed E-state index contributed by atoms with van der Waals surface area (Å²) in [5.41, 5.74) is 5.37. The first kappa shape index (κ1) is 22.3. The average molecular weight is 520 g/mol. The van der Waals surface area contributed by atoms with E-state index in [0.29, 0.717) is 5.56 Å². The van der Waals surface area contributed by atoms with Gasteiger partial charge in [-0.05, 0) is 43.2 Å². The summed E-state index contributed by atoms with van der Waals surface area (Å²) in [6, 6.07) is 13.4. The molecule has 174 valence electrons. The highest BCUT2D eigenvalue weighted by Gasteiger charge is 2.24. The van der Waals surface area contributed by atoms with Crippen LogP contribution in [0.5, 0.6) is 0 Å². The standard InChI is InChI=1S/C25H26BrN7O/c1-3-20-22-23(31-30-20)27-15-28-24(22)33-11-9-32(10-12-33)21-14-17(13-19(26)16(21)2)25(34)29-18-7-5-4-6-8-18/h4-8,13-15H,3,9-12H2,1-2H3,(H,29,34)(H,27,28,30,31). The Hall–Kier alpha value is -3.46. The minimum Gasteiger partial charge on any atom is -0.368 e. The van der Waals surface area contributed by atoms with Crippen molar-refractivity contribution in [1.29, 1.82) is 0 Å². The lowest BCUT2D eigenvalue weighted by atomic mass is 10.1. The monoisotopic (exact) mass is 519 g/mol. The van der Waals surface area contributed by atoms with Crippen LogP contribution in [0.1, 0.15) is 28.5 Å². The molecule has 1 aliphatic rings. The fraction of sp³-hybridized carbons (Fsp3) is 0.280. The molecule has 0 saturated carbocycles. The predicted octanol–water partition coefficient (Wildman–Crippen LogP) is 4.57. The molecule has 0 radical (unpaired) electrons. The van der Waals surface area contributed by atoms with Crippen LogP contribution in [0.15, 0.2) is 53.3 Å². The topological polar surface area (TPSA) is 90.0 Å².